The van der Waals surface area contributed by atoms with Crippen LogP contribution in [0.3, 0.4) is 0 Å². The summed E-state index contributed by atoms with van der Waals surface area (Å²) in [6.07, 6.45) is 1.03. The number of hydrogen-bond acceptors (Lipinski definition) is 8. The number of likely N-dealkylation sites (tertiary alicyclic amines) is 1. The molecule has 12 nitrogen and oxygen atoms in total. The fourth-order valence-corrected chi connectivity index (χ4v) is 8.26. The summed E-state index contributed by atoms with van der Waals surface area (Å²) in [6, 6.07) is 7.01. The van der Waals surface area contributed by atoms with Gasteiger partial charge in [0, 0.05) is 52.6 Å². The molecule has 12 heteroatoms. The highest BCUT2D eigenvalue weighted by Gasteiger charge is 2.43. The molecule has 0 spiro atoms. The largest absolute Gasteiger partial charge is 0.480 e. The van der Waals surface area contributed by atoms with Crippen LogP contribution in [0.15, 0.2) is 30.3 Å². The quantitative estimate of drug-likeness (QED) is 0.151. The van der Waals surface area contributed by atoms with Crippen molar-refractivity contribution in [2.75, 3.05) is 34.9 Å². The van der Waals surface area contributed by atoms with Gasteiger partial charge in [-0.2, -0.15) is 0 Å². The van der Waals surface area contributed by atoms with Gasteiger partial charge in [0.25, 0.3) is 0 Å². The molecular weight excluding hydrogens is 700 g/mol. The first-order valence-corrected chi connectivity index (χ1v) is 20.3. The minimum atomic E-state index is -1.13. The number of nitrogens with zero attached hydrogens (tertiary/aromatic N) is 3. The highest BCUT2D eigenvalue weighted by atomic mass is 16.5. The van der Waals surface area contributed by atoms with Gasteiger partial charge in [-0.15, -0.1) is 0 Å². The number of carboxylic acids is 1. The van der Waals surface area contributed by atoms with Gasteiger partial charge in [0.05, 0.1) is 42.7 Å². The third kappa shape index (κ3) is 12.8. The first kappa shape index (κ1) is 47.8. The molecule has 2 rings (SSSR count). The van der Waals surface area contributed by atoms with Crippen LogP contribution in [-0.4, -0.2) is 127 Å². The molecule has 1 heterocycles. The fraction of sp³-hybridized carbons (Fsp3) is 0.744. The monoisotopic (exact) mass is 773 g/mol. The average Bonchev–Trinajstić information content (AvgIpc) is 3.62. The van der Waals surface area contributed by atoms with Gasteiger partial charge < -0.3 is 29.7 Å². The van der Waals surface area contributed by atoms with Gasteiger partial charge in [-0.3, -0.25) is 24.1 Å². The molecule has 3 amide bonds. The van der Waals surface area contributed by atoms with Crippen molar-refractivity contribution in [3.8, 4) is 0 Å². The van der Waals surface area contributed by atoms with E-state index in [1.165, 1.54) is 7.11 Å². The number of carbonyl (C=O) groups is 5. The molecule has 0 bridgehead atoms. The van der Waals surface area contributed by atoms with E-state index in [0.717, 1.165) is 12.0 Å². The molecule has 0 saturated carbocycles. The highest BCUT2D eigenvalue weighted by Crippen LogP contribution is 2.31. The van der Waals surface area contributed by atoms with Crippen molar-refractivity contribution in [3.05, 3.63) is 35.9 Å². The Balaban J connectivity index is 2.29. The number of nitrogens with one attached hydrogen (secondary N) is 1. The Morgan fingerprint density at radius 2 is 1.53 bits per heavy atom. The molecule has 1 aromatic rings. The third-order valence-corrected chi connectivity index (χ3v) is 11.9. The maximum Gasteiger partial charge on any atom is 0.326 e. The molecule has 2 N–H and O–H groups in total. The number of amides is 3. The van der Waals surface area contributed by atoms with E-state index in [0.29, 0.717) is 19.4 Å². The number of likely N-dealkylation sites (N-methyl/N-ethyl adjacent to an activating group) is 2. The Kier molecular flexibility index (Phi) is 19.5. The van der Waals surface area contributed by atoms with Gasteiger partial charge >= 0.3 is 5.97 Å². The summed E-state index contributed by atoms with van der Waals surface area (Å²) in [5.74, 6) is -3.16. The highest BCUT2D eigenvalue weighted by molar-refractivity contribution is 5.90. The van der Waals surface area contributed by atoms with Crippen molar-refractivity contribution in [2.24, 2.45) is 29.6 Å². The van der Waals surface area contributed by atoms with E-state index < -0.39 is 54.0 Å². The van der Waals surface area contributed by atoms with Crippen LogP contribution in [0.1, 0.15) is 100.0 Å². The van der Waals surface area contributed by atoms with Gasteiger partial charge in [-0.05, 0) is 57.1 Å². The Bertz CT molecular complexity index is 1390. The maximum absolute atomic E-state index is 14.4. The van der Waals surface area contributed by atoms with Gasteiger partial charge in [0.2, 0.25) is 17.7 Å². The van der Waals surface area contributed by atoms with E-state index in [-0.39, 0.29) is 66.7 Å². The molecule has 312 valence electrons. The molecule has 1 fully saturated rings. The van der Waals surface area contributed by atoms with Crippen molar-refractivity contribution in [1.82, 2.24) is 20.0 Å². The normalized spacial score (nSPS) is 19.1. The van der Waals surface area contributed by atoms with Crippen molar-refractivity contribution in [2.45, 2.75) is 143 Å². The topological polar surface area (TPSA) is 146 Å². The number of hydrogen-bond donors (Lipinski definition) is 2. The molecule has 0 aromatic heterocycles. The molecule has 2 unspecified atom stereocenters. The molecule has 0 aliphatic carbocycles. The molecule has 1 aliphatic heterocycles. The second kappa shape index (κ2) is 22.4. The first-order valence-electron chi connectivity index (χ1n) is 20.3. The van der Waals surface area contributed by atoms with Crippen LogP contribution in [-0.2, 0) is 39.9 Å². The minimum absolute atomic E-state index is 0.00862. The SMILES string of the molecule is CCC(C)[C@@H]([C@@H](CC(=O)N1CCC[C@H]1[C@H](OC)[C@@H](C)C(=O)NC(Cc1ccccc1)C(=O)O)OC)N(C)C(=O)[C@@H](CC(=O)[C@H](C(C)C)N(C)C(C)C)C(C)C. The molecular formula is C43H72N4O8. The number of ketones is 1. The van der Waals surface area contributed by atoms with E-state index in [1.807, 2.05) is 72.0 Å². The lowest BCUT2D eigenvalue weighted by Crippen LogP contribution is -2.55. The zero-order valence-corrected chi connectivity index (χ0v) is 35.9. The molecule has 1 aliphatic rings. The number of ether oxygens (including phenoxy) is 2. The predicted molar refractivity (Wildman–Crippen MR) is 215 cm³/mol. The van der Waals surface area contributed by atoms with Crippen LogP contribution in [0.4, 0.5) is 0 Å². The summed E-state index contributed by atoms with van der Waals surface area (Å²) in [5.41, 5.74) is 0.789. The number of rotatable bonds is 23. The molecule has 1 aromatic carbocycles. The Morgan fingerprint density at radius 1 is 0.909 bits per heavy atom. The lowest BCUT2D eigenvalue weighted by Gasteiger charge is -2.41. The number of benzene rings is 1. The summed E-state index contributed by atoms with van der Waals surface area (Å²) in [6.45, 7) is 18.4. The Hall–Kier alpha value is -3.35. The van der Waals surface area contributed by atoms with Gasteiger partial charge in [0.1, 0.15) is 6.04 Å². The summed E-state index contributed by atoms with van der Waals surface area (Å²) in [5, 5.41) is 12.6. The molecule has 0 radical (unpaired) electrons. The van der Waals surface area contributed by atoms with Gasteiger partial charge in [0.15, 0.2) is 5.78 Å². The zero-order chi connectivity index (χ0) is 41.7. The Labute approximate surface area is 331 Å². The van der Waals surface area contributed by atoms with E-state index in [1.54, 1.807) is 30.9 Å². The number of carboxylic acid groups (broad SMARTS) is 1. The number of carbonyl (C=O) groups excluding carboxylic acids is 4. The van der Waals surface area contributed by atoms with Gasteiger partial charge in [-0.1, -0.05) is 85.2 Å². The fourth-order valence-electron chi connectivity index (χ4n) is 8.26. The third-order valence-electron chi connectivity index (χ3n) is 11.9. The van der Waals surface area contributed by atoms with Gasteiger partial charge in [-0.25, -0.2) is 4.79 Å². The number of aliphatic carboxylic acids is 1. The predicted octanol–water partition coefficient (Wildman–Crippen LogP) is 5.32. The van der Waals surface area contributed by atoms with E-state index in [9.17, 15) is 29.1 Å². The number of Topliss-reactive ketones (excluding diaryl/α,β-unsaturated/α-hetero) is 1. The standard InChI is InChI=1S/C43H72N4O8/c1-14-29(8)39(46(11)42(51)32(26(2)3)24-35(48)38(27(4)5)45(10)28(6)7)36(54-12)25-37(49)47-22-18-21-34(47)40(55-13)30(9)41(50)44-33(43(52)53)23-31-19-16-15-17-20-31/h15-17,19-20,26-30,32-34,36,38-40H,14,18,21-25H2,1-13H3,(H,44,50)(H,52,53)/t29?,30-,32+,33?,34+,36-,38+,39+,40-/m1/s1. The molecule has 55 heavy (non-hydrogen) atoms. The van der Waals surface area contributed by atoms with E-state index >= 15 is 0 Å². The van der Waals surface area contributed by atoms with E-state index in [2.05, 4.69) is 31.0 Å². The van der Waals surface area contributed by atoms with Crippen LogP contribution in [0.5, 0.6) is 0 Å². The van der Waals surface area contributed by atoms with Crippen molar-refractivity contribution in [1.29, 1.82) is 0 Å². The van der Waals surface area contributed by atoms with Crippen molar-refractivity contribution >= 4 is 29.5 Å². The minimum Gasteiger partial charge on any atom is -0.480 e. The summed E-state index contributed by atoms with van der Waals surface area (Å²) in [7, 11) is 6.79. The van der Waals surface area contributed by atoms with Crippen molar-refractivity contribution in [3.63, 3.8) is 0 Å². The summed E-state index contributed by atoms with van der Waals surface area (Å²) < 4.78 is 11.9. The molecule has 1 saturated heterocycles. The maximum atomic E-state index is 14.4. The summed E-state index contributed by atoms with van der Waals surface area (Å²) in [4.78, 5) is 73.6. The lowest BCUT2D eigenvalue weighted by molar-refractivity contribution is -0.149. The number of methoxy groups -OCH3 is 2. The van der Waals surface area contributed by atoms with Crippen LogP contribution < -0.4 is 5.32 Å². The van der Waals surface area contributed by atoms with Crippen LogP contribution in [0, 0.1) is 29.6 Å². The van der Waals surface area contributed by atoms with Crippen LogP contribution >= 0.6 is 0 Å². The lowest BCUT2D eigenvalue weighted by atomic mass is 9.83. The summed E-state index contributed by atoms with van der Waals surface area (Å²) >= 11 is 0. The first-order chi connectivity index (χ1) is 25.8. The zero-order valence-electron chi connectivity index (χ0n) is 35.9. The second-order valence-corrected chi connectivity index (χ2v) is 16.6. The Morgan fingerprint density at radius 3 is 2.02 bits per heavy atom. The van der Waals surface area contributed by atoms with E-state index in [4.69, 9.17) is 9.47 Å². The average molecular weight is 773 g/mol. The van der Waals surface area contributed by atoms with Crippen LogP contribution in [0.25, 0.3) is 0 Å². The van der Waals surface area contributed by atoms with Crippen LogP contribution in [0.2, 0.25) is 0 Å². The second-order valence-electron chi connectivity index (χ2n) is 16.6. The van der Waals surface area contributed by atoms with Crippen molar-refractivity contribution < 1.29 is 38.6 Å². The molecule has 9 atom stereocenters. The smallest absolute Gasteiger partial charge is 0.326 e.